The highest BCUT2D eigenvalue weighted by atomic mass is 15.1. The first-order valence-corrected chi connectivity index (χ1v) is 7.87. The summed E-state index contributed by atoms with van der Waals surface area (Å²) < 4.78 is 0. The summed E-state index contributed by atoms with van der Waals surface area (Å²) in [6.07, 6.45) is 5.85. The maximum Gasteiger partial charge on any atom is 0.0456 e. The molecule has 1 aromatic carbocycles. The lowest BCUT2D eigenvalue weighted by Crippen LogP contribution is -2.42. The topological polar surface area (TPSA) is 31.1 Å². The molecule has 0 spiro atoms. The summed E-state index contributed by atoms with van der Waals surface area (Å²) >= 11 is 0. The molecular weight excluding hydrogens is 246 g/mol. The van der Waals surface area contributed by atoms with Gasteiger partial charge < -0.3 is 15.2 Å². The molecule has 1 fully saturated rings. The van der Waals surface area contributed by atoms with Crippen molar-refractivity contribution >= 4 is 10.9 Å². The van der Waals surface area contributed by atoms with Crippen molar-refractivity contribution in [1.29, 1.82) is 0 Å². The molecule has 0 radical (unpaired) electrons. The van der Waals surface area contributed by atoms with Crippen LogP contribution in [0.2, 0.25) is 0 Å². The minimum Gasteiger partial charge on any atom is -0.361 e. The molecule has 0 bridgehead atoms. The van der Waals surface area contributed by atoms with Crippen molar-refractivity contribution in [2.24, 2.45) is 0 Å². The zero-order valence-corrected chi connectivity index (χ0v) is 12.4. The van der Waals surface area contributed by atoms with Gasteiger partial charge in [0, 0.05) is 23.1 Å². The quantitative estimate of drug-likeness (QED) is 0.876. The van der Waals surface area contributed by atoms with E-state index in [-0.39, 0.29) is 0 Å². The van der Waals surface area contributed by atoms with Crippen molar-refractivity contribution in [2.45, 2.75) is 32.2 Å². The Labute approximate surface area is 121 Å². The van der Waals surface area contributed by atoms with E-state index in [1.54, 1.807) is 0 Å². The Morgan fingerprint density at radius 3 is 2.85 bits per heavy atom. The Morgan fingerprint density at radius 2 is 2.05 bits per heavy atom. The van der Waals surface area contributed by atoms with E-state index in [9.17, 15) is 0 Å². The molecule has 1 aromatic heterocycles. The third-order valence-corrected chi connectivity index (χ3v) is 4.54. The molecule has 0 unspecified atom stereocenters. The van der Waals surface area contributed by atoms with Crippen LogP contribution in [0.15, 0.2) is 30.5 Å². The largest absolute Gasteiger partial charge is 0.361 e. The number of benzene rings is 1. The van der Waals surface area contributed by atoms with Gasteiger partial charge in [-0.15, -0.1) is 0 Å². The van der Waals surface area contributed by atoms with Crippen LogP contribution in [0.5, 0.6) is 0 Å². The van der Waals surface area contributed by atoms with Crippen LogP contribution in [-0.4, -0.2) is 42.1 Å². The van der Waals surface area contributed by atoms with E-state index in [4.69, 9.17) is 0 Å². The average molecular weight is 271 g/mol. The molecule has 3 heteroatoms. The first-order chi connectivity index (χ1) is 9.86. The highest BCUT2D eigenvalue weighted by molar-refractivity contribution is 5.83. The van der Waals surface area contributed by atoms with Crippen LogP contribution in [0.3, 0.4) is 0 Å². The van der Waals surface area contributed by atoms with Gasteiger partial charge in [-0.2, -0.15) is 0 Å². The molecule has 3 nitrogen and oxygen atoms in total. The molecule has 0 amide bonds. The summed E-state index contributed by atoms with van der Waals surface area (Å²) in [5, 5.41) is 5.10. The van der Waals surface area contributed by atoms with Crippen LogP contribution in [0.1, 0.15) is 25.3 Å². The fourth-order valence-corrected chi connectivity index (χ4v) is 3.20. The number of hydrogen-bond donors (Lipinski definition) is 2. The third-order valence-electron chi connectivity index (χ3n) is 4.54. The average Bonchev–Trinajstić information content (AvgIpc) is 2.92. The normalized spacial score (nSPS) is 17.9. The molecule has 20 heavy (non-hydrogen) atoms. The van der Waals surface area contributed by atoms with Crippen molar-refractivity contribution in [3.8, 4) is 0 Å². The van der Waals surface area contributed by atoms with E-state index >= 15 is 0 Å². The van der Waals surface area contributed by atoms with Crippen LogP contribution < -0.4 is 5.32 Å². The Morgan fingerprint density at radius 1 is 1.25 bits per heavy atom. The van der Waals surface area contributed by atoms with Crippen LogP contribution in [-0.2, 0) is 6.42 Å². The number of likely N-dealkylation sites (tertiary alicyclic amines) is 1. The van der Waals surface area contributed by atoms with Crippen LogP contribution in [0.25, 0.3) is 10.9 Å². The summed E-state index contributed by atoms with van der Waals surface area (Å²) in [7, 11) is 0. The molecule has 3 rings (SSSR count). The maximum atomic E-state index is 3.73. The summed E-state index contributed by atoms with van der Waals surface area (Å²) in [5.41, 5.74) is 2.68. The fraction of sp³-hybridized carbons (Fsp3) is 0.529. The first kappa shape index (κ1) is 13.7. The van der Waals surface area contributed by atoms with Gasteiger partial charge in [0.1, 0.15) is 0 Å². The minimum atomic E-state index is 0.711. The number of aromatic amines is 1. The Bertz CT molecular complexity index is 538. The van der Waals surface area contributed by atoms with E-state index < -0.39 is 0 Å². The number of piperidine rings is 1. The number of para-hydroxylation sites is 1. The fourth-order valence-electron chi connectivity index (χ4n) is 3.20. The van der Waals surface area contributed by atoms with Crippen molar-refractivity contribution in [2.75, 3.05) is 26.2 Å². The smallest absolute Gasteiger partial charge is 0.0456 e. The zero-order chi connectivity index (χ0) is 13.8. The lowest BCUT2D eigenvalue weighted by Gasteiger charge is -2.31. The molecule has 1 aliphatic rings. The predicted molar refractivity (Wildman–Crippen MR) is 85.1 cm³/mol. The van der Waals surface area contributed by atoms with Gasteiger partial charge in [0.05, 0.1) is 0 Å². The van der Waals surface area contributed by atoms with E-state index in [1.807, 2.05) is 0 Å². The van der Waals surface area contributed by atoms with Gasteiger partial charge in [-0.3, -0.25) is 0 Å². The van der Waals surface area contributed by atoms with Gasteiger partial charge in [0.25, 0.3) is 0 Å². The van der Waals surface area contributed by atoms with E-state index in [0.717, 1.165) is 13.0 Å². The molecule has 0 aliphatic carbocycles. The number of nitrogens with one attached hydrogen (secondary N) is 2. The molecule has 1 aliphatic heterocycles. The van der Waals surface area contributed by atoms with Crippen molar-refractivity contribution in [3.05, 3.63) is 36.0 Å². The molecule has 1 saturated heterocycles. The van der Waals surface area contributed by atoms with Gasteiger partial charge in [-0.1, -0.05) is 25.1 Å². The minimum absolute atomic E-state index is 0.711. The first-order valence-electron chi connectivity index (χ1n) is 7.87. The van der Waals surface area contributed by atoms with Gasteiger partial charge in [0.2, 0.25) is 0 Å². The highest BCUT2D eigenvalue weighted by Crippen LogP contribution is 2.18. The summed E-state index contributed by atoms with van der Waals surface area (Å²) in [6, 6.07) is 9.27. The van der Waals surface area contributed by atoms with Crippen molar-refractivity contribution < 1.29 is 0 Å². The monoisotopic (exact) mass is 271 g/mol. The second kappa shape index (κ2) is 6.42. The molecule has 2 N–H and O–H groups in total. The van der Waals surface area contributed by atoms with Crippen molar-refractivity contribution in [1.82, 2.24) is 15.2 Å². The number of hydrogen-bond acceptors (Lipinski definition) is 2. The Kier molecular flexibility index (Phi) is 4.38. The second-order valence-corrected chi connectivity index (χ2v) is 5.77. The highest BCUT2D eigenvalue weighted by Gasteiger charge is 2.17. The zero-order valence-electron chi connectivity index (χ0n) is 12.4. The van der Waals surface area contributed by atoms with E-state index in [1.165, 1.54) is 48.9 Å². The van der Waals surface area contributed by atoms with Crippen LogP contribution in [0.4, 0.5) is 0 Å². The van der Waals surface area contributed by atoms with Gasteiger partial charge in [-0.25, -0.2) is 0 Å². The molecule has 0 atom stereocenters. The summed E-state index contributed by atoms with van der Waals surface area (Å²) in [4.78, 5) is 5.90. The standard InChI is InChI=1S/C17H25N3/c1-2-20-11-8-15(9-12-20)18-10-7-14-13-19-17-6-4-3-5-16(14)17/h3-6,13,15,18-19H,2,7-12H2,1H3. The lowest BCUT2D eigenvalue weighted by molar-refractivity contribution is 0.207. The number of aromatic nitrogens is 1. The molecule has 108 valence electrons. The van der Waals surface area contributed by atoms with Crippen LogP contribution >= 0.6 is 0 Å². The van der Waals surface area contributed by atoms with E-state index in [2.05, 4.69) is 52.6 Å². The SMILES string of the molecule is CCN1CCC(NCCc2c[nH]c3ccccc23)CC1. The van der Waals surface area contributed by atoms with E-state index in [0.29, 0.717) is 6.04 Å². The number of rotatable bonds is 5. The lowest BCUT2D eigenvalue weighted by atomic mass is 10.0. The van der Waals surface area contributed by atoms with Gasteiger partial charge in [0.15, 0.2) is 0 Å². The summed E-state index contributed by atoms with van der Waals surface area (Å²) in [6.45, 7) is 7.04. The van der Waals surface area contributed by atoms with Gasteiger partial charge >= 0.3 is 0 Å². The summed E-state index contributed by atoms with van der Waals surface area (Å²) in [5.74, 6) is 0. The predicted octanol–water partition coefficient (Wildman–Crippen LogP) is 2.78. The van der Waals surface area contributed by atoms with Gasteiger partial charge in [-0.05, 0) is 57.1 Å². The van der Waals surface area contributed by atoms with Crippen molar-refractivity contribution in [3.63, 3.8) is 0 Å². The number of H-pyrrole nitrogens is 1. The molecule has 2 aromatic rings. The Balaban J connectivity index is 1.48. The molecule has 0 saturated carbocycles. The molecule has 2 heterocycles. The third kappa shape index (κ3) is 3.05. The second-order valence-electron chi connectivity index (χ2n) is 5.77. The number of fused-ring (bicyclic) bond motifs is 1. The maximum absolute atomic E-state index is 3.73. The molecular formula is C17H25N3. The number of nitrogens with zero attached hydrogens (tertiary/aromatic N) is 1. The Hall–Kier alpha value is -1.32. The van der Waals surface area contributed by atoms with Crippen LogP contribution in [0, 0.1) is 0 Å².